The van der Waals surface area contributed by atoms with Crippen molar-refractivity contribution in [2.24, 2.45) is 0 Å². The van der Waals surface area contributed by atoms with Crippen molar-refractivity contribution >= 4 is 23.1 Å². The summed E-state index contributed by atoms with van der Waals surface area (Å²) in [6, 6.07) is 25.0. The molecule has 1 atom stereocenters. The zero-order chi connectivity index (χ0) is 24.2. The number of allylic oxidation sites excluding steroid dienone is 1. The van der Waals surface area contributed by atoms with Crippen LogP contribution in [-0.4, -0.2) is 29.4 Å². The van der Waals surface area contributed by atoms with E-state index in [1.165, 1.54) is 0 Å². The number of amides is 1. The molecular weight excluding hydrogens is 440 g/mol. The summed E-state index contributed by atoms with van der Waals surface area (Å²) in [5.74, 6) is 1.90. The van der Waals surface area contributed by atoms with Gasteiger partial charge >= 0.3 is 0 Å². The minimum atomic E-state index is -0.249. The average molecular weight is 467 g/mol. The molecule has 1 unspecified atom stereocenters. The molecule has 0 radical (unpaired) electrons. The van der Waals surface area contributed by atoms with Crippen LogP contribution in [0.3, 0.4) is 0 Å². The van der Waals surface area contributed by atoms with Crippen LogP contribution >= 0.6 is 0 Å². The molecule has 2 heterocycles. The van der Waals surface area contributed by atoms with Crippen molar-refractivity contribution in [1.82, 2.24) is 9.78 Å². The molecule has 7 heteroatoms. The molecule has 1 aromatic heterocycles. The molecule has 1 aliphatic rings. The quantitative estimate of drug-likeness (QED) is 0.371. The van der Waals surface area contributed by atoms with Gasteiger partial charge in [-0.2, -0.15) is 5.10 Å². The van der Waals surface area contributed by atoms with Crippen LogP contribution < -0.4 is 20.1 Å². The second kappa shape index (κ2) is 9.77. The highest BCUT2D eigenvalue weighted by molar-refractivity contribution is 6.08. The topological polar surface area (TPSA) is 77.4 Å². The maximum atomic E-state index is 13.3. The molecule has 3 aromatic carbocycles. The number of anilines is 2. The Bertz CT molecular complexity index is 1360. The summed E-state index contributed by atoms with van der Waals surface area (Å²) in [5, 5.41) is 11.0. The number of aromatic nitrogens is 2. The van der Waals surface area contributed by atoms with Gasteiger partial charge in [0.25, 0.3) is 5.91 Å². The van der Waals surface area contributed by atoms with E-state index < -0.39 is 0 Å². The Morgan fingerprint density at radius 1 is 1.03 bits per heavy atom. The fraction of sp³-hybridized carbons (Fsp3) is 0.143. The number of ether oxygens (including phenoxy) is 2. The number of nitrogens with one attached hydrogen (secondary N) is 2. The minimum Gasteiger partial charge on any atom is -0.497 e. The highest BCUT2D eigenvalue weighted by Crippen LogP contribution is 2.36. The number of carbonyl (C=O) groups excluding carboxylic acids is 1. The summed E-state index contributed by atoms with van der Waals surface area (Å²) in [6.07, 6.45) is 3.71. The molecule has 0 saturated heterocycles. The molecule has 4 aromatic rings. The van der Waals surface area contributed by atoms with Gasteiger partial charge in [0.15, 0.2) is 0 Å². The lowest BCUT2D eigenvalue weighted by molar-refractivity contribution is 0.102. The summed E-state index contributed by atoms with van der Waals surface area (Å²) in [4.78, 5) is 13.3. The van der Waals surface area contributed by atoms with Crippen LogP contribution in [0.5, 0.6) is 11.5 Å². The normalized spacial score (nSPS) is 14.3. The monoisotopic (exact) mass is 466 g/mol. The summed E-state index contributed by atoms with van der Waals surface area (Å²) >= 11 is 0. The maximum absolute atomic E-state index is 13.3. The Morgan fingerprint density at radius 3 is 2.57 bits per heavy atom. The van der Waals surface area contributed by atoms with E-state index in [0.29, 0.717) is 23.7 Å². The summed E-state index contributed by atoms with van der Waals surface area (Å²) in [7, 11) is 1.65. The van der Waals surface area contributed by atoms with Crippen molar-refractivity contribution in [1.29, 1.82) is 0 Å². The zero-order valence-electron chi connectivity index (χ0n) is 19.6. The third kappa shape index (κ3) is 4.61. The van der Waals surface area contributed by atoms with Gasteiger partial charge in [0.2, 0.25) is 0 Å². The first-order valence-electron chi connectivity index (χ1n) is 11.5. The van der Waals surface area contributed by atoms with Crippen LogP contribution in [-0.2, 0) is 0 Å². The number of hydrogen-bond acceptors (Lipinski definition) is 5. The van der Waals surface area contributed by atoms with Crippen molar-refractivity contribution in [3.63, 3.8) is 0 Å². The molecule has 1 amide bonds. The van der Waals surface area contributed by atoms with Crippen molar-refractivity contribution in [3.8, 4) is 11.5 Å². The van der Waals surface area contributed by atoms with Crippen molar-refractivity contribution in [2.45, 2.75) is 13.0 Å². The SMILES string of the molecule is CCOc1ccc(NC(=O)c2cnn3c2NC(c2ccccc2)=CC3c2cccc(OC)c2)cc1. The predicted octanol–water partition coefficient (Wildman–Crippen LogP) is 5.60. The van der Waals surface area contributed by atoms with E-state index in [1.54, 1.807) is 13.3 Å². The smallest absolute Gasteiger partial charge is 0.261 e. The molecule has 2 N–H and O–H groups in total. The molecular formula is C28H26N4O3. The van der Waals surface area contributed by atoms with Crippen molar-refractivity contribution in [3.05, 3.63) is 108 Å². The number of nitrogens with zero attached hydrogens (tertiary/aromatic N) is 2. The summed E-state index contributed by atoms with van der Waals surface area (Å²) in [5.41, 5.74) is 4.06. The van der Waals surface area contributed by atoms with E-state index in [9.17, 15) is 4.79 Å². The predicted molar refractivity (Wildman–Crippen MR) is 137 cm³/mol. The van der Waals surface area contributed by atoms with Gasteiger partial charge in [-0.05, 0) is 60.5 Å². The van der Waals surface area contributed by atoms with E-state index in [2.05, 4.69) is 21.8 Å². The van der Waals surface area contributed by atoms with Crippen molar-refractivity contribution in [2.75, 3.05) is 24.4 Å². The third-order valence-corrected chi connectivity index (χ3v) is 5.82. The molecule has 0 aliphatic carbocycles. The first-order valence-corrected chi connectivity index (χ1v) is 11.5. The number of hydrogen-bond donors (Lipinski definition) is 2. The fourth-order valence-electron chi connectivity index (χ4n) is 4.11. The van der Waals surface area contributed by atoms with Gasteiger partial charge in [-0.1, -0.05) is 42.5 Å². The van der Waals surface area contributed by atoms with E-state index in [-0.39, 0.29) is 11.9 Å². The third-order valence-electron chi connectivity index (χ3n) is 5.82. The number of methoxy groups -OCH3 is 1. The molecule has 7 nitrogen and oxygen atoms in total. The Hall–Kier alpha value is -4.52. The summed E-state index contributed by atoms with van der Waals surface area (Å²) < 4.78 is 12.8. The Labute approximate surface area is 204 Å². The van der Waals surface area contributed by atoms with E-state index >= 15 is 0 Å². The van der Waals surface area contributed by atoms with E-state index in [4.69, 9.17) is 9.47 Å². The molecule has 35 heavy (non-hydrogen) atoms. The second-order valence-corrected chi connectivity index (χ2v) is 8.06. The van der Waals surface area contributed by atoms with Gasteiger partial charge in [-0.15, -0.1) is 0 Å². The maximum Gasteiger partial charge on any atom is 0.261 e. The van der Waals surface area contributed by atoms with Crippen LogP contribution in [0, 0.1) is 0 Å². The van der Waals surface area contributed by atoms with Gasteiger partial charge < -0.3 is 20.1 Å². The van der Waals surface area contributed by atoms with E-state index in [0.717, 1.165) is 28.3 Å². The van der Waals surface area contributed by atoms with Crippen LogP contribution in [0.15, 0.2) is 91.1 Å². The molecule has 5 rings (SSSR count). The Kier molecular flexibility index (Phi) is 6.22. The molecule has 0 spiro atoms. The molecule has 0 saturated carbocycles. The lowest BCUT2D eigenvalue weighted by Gasteiger charge is -2.26. The van der Waals surface area contributed by atoms with Gasteiger partial charge in [-0.25, -0.2) is 4.68 Å². The molecule has 1 aliphatic heterocycles. The first kappa shape index (κ1) is 22.3. The van der Waals surface area contributed by atoms with Crippen LogP contribution in [0.4, 0.5) is 11.5 Å². The van der Waals surface area contributed by atoms with Gasteiger partial charge in [0.05, 0.1) is 26.0 Å². The highest BCUT2D eigenvalue weighted by Gasteiger charge is 2.28. The number of fused-ring (bicyclic) bond motifs is 1. The fourth-order valence-corrected chi connectivity index (χ4v) is 4.11. The largest absolute Gasteiger partial charge is 0.497 e. The Balaban J connectivity index is 1.50. The second-order valence-electron chi connectivity index (χ2n) is 8.06. The highest BCUT2D eigenvalue weighted by atomic mass is 16.5. The Morgan fingerprint density at radius 2 is 1.83 bits per heavy atom. The lowest BCUT2D eigenvalue weighted by Crippen LogP contribution is -2.22. The van der Waals surface area contributed by atoms with Gasteiger partial charge in [0, 0.05) is 11.4 Å². The van der Waals surface area contributed by atoms with Crippen LogP contribution in [0.25, 0.3) is 5.70 Å². The van der Waals surface area contributed by atoms with Crippen LogP contribution in [0.1, 0.15) is 34.5 Å². The van der Waals surface area contributed by atoms with Gasteiger partial charge in [-0.3, -0.25) is 4.79 Å². The lowest BCUT2D eigenvalue weighted by atomic mass is 10.0. The molecule has 0 fully saturated rings. The average Bonchev–Trinajstić information content (AvgIpc) is 3.34. The number of carbonyl (C=O) groups is 1. The van der Waals surface area contributed by atoms with Gasteiger partial charge in [0.1, 0.15) is 22.9 Å². The van der Waals surface area contributed by atoms with Crippen LogP contribution in [0.2, 0.25) is 0 Å². The first-order chi connectivity index (χ1) is 17.2. The molecule has 0 bridgehead atoms. The van der Waals surface area contributed by atoms with Crippen molar-refractivity contribution < 1.29 is 14.3 Å². The number of rotatable bonds is 7. The minimum absolute atomic E-state index is 0.219. The number of benzene rings is 3. The van der Waals surface area contributed by atoms with E-state index in [1.807, 2.05) is 90.5 Å². The summed E-state index contributed by atoms with van der Waals surface area (Å²) in [6.45, 7) is 2.52. The standard InChI is InChI=1S/C28H26N4O3/c1-3-35-22-14-12-21(13-15-22)30-28(33)24-18-29-32-26(20-10-7-11-23(16-20)34-2)17-25(31-27(24)32)19-8-5-4-6-9-19/h4-18,26,31H,3H2,1-2H3,(H,30,33). The zero-order valence-corrected chi connectivity index (χ0v) is 19.6. The molecule has 176 valence electrons.